The second kappa shape index (κ2) is 6.55. The fourth-order valence-electron chi connectivity index (χ4n) is 3.23. The lowest BCUT2D eigenvalue weighted by molar-refractivity contribution is -0.137. The maximum atomic E-state index is 12.9. The van der Waals surface area contributed by atoms with E-state index >= 15 is 0 Å². The van der Waals surface area contributed by atoms with E-state index in [9.17, 15) is 23.1 Å². The zero-order chi connectivity index (χ0) is 19.1. The molecule has 0 saturated carbocycles. The van der Waals surface area contributed by atoms with Crippen molar-refractivity contribution in [3.63, 3.8) is 0 Å². The third-order valence-corrected chi connectivity index (χ3v) is 4.67. The Kier molecular flexibility index (Phi) is 4.56. The Morgan fingerprint density at radius 2 is 1.96 bits per heavy atom. The van der Waals surface area contributed by atoms with Crippen LogP contribution in [0.4, 0.5) is 13.2 Å². The molecule has 138 valence electrons. The van der Waals surface area contributed by atoms with Crippen LogP contribution in [0.5, 0.6) is 11.5 Å². The topological polar surface area (TPSA) is 49.8 Å². The first kappa shape index (κ1) is 18.1. The summed E-state index contributed by atoms with van der Waals surface area (Å²) < 4.78 is 43.9. The SMILES string of the molecule is COc1cc(O)c2c(c1)CCN(C(C)c1cccc(C(F)(F)F)c1)C2=O. The van der Waals surface area contributed by atoms with Crippen molar-refractivity contribution in [1.82, 2.24) is 4.90 Å². The number of carbonyl (C=O) groups excluding carboxylic acids is 1. The summed E-state index contributed by atoms with van der Waals surface area (Å²) in [7, 11) is 1.47. The van der Waals surface area contributed by atoms with E-state index < -0.39 is 23.7 Å². The van der Waals surface area contributed by atoms with Gasteiger partial charge in [0.2, 0.25) is 0 Å². The predicted molar refractivity (Wildman–Crippen MR) is 89.3 cm³/mol. The predicted octanol–water partition coefficient (Wildman–Crippen LogP) is 4.18. The Labute approximate surface area is 148 Å². The minimum absolute atomic E-state index is 0.177. The second-order valence-corrected chi connectivity index (χ2v) is 6.23. The number of hydrogen-bond donors (Lipinski definition) is 1. The van der Waals surface area contributed by atoms with Gasteiger partial charge in [0, 0.05) is 12.6 Å². The molecule has 0 bridgehead atoms. The van der Waals surface area contributed by atoms with Gasteiger partial charge in [0.05, 0.1) is 24.3 Å². The van der Waals surface area contributed by atoms with Gasteiger partial charge in [-0.15, -0.1) is 0 Å². The monoisotopic (exact) mass is 365 g/mol. The van der Waals surface area contributed by atoms with Gasteiger partial charge in [-0.25, -0.2) is 0 Å². The smallest absolute Gasteiger partial charge is 0.416 e. The highest BCUT2D eigenvalue weighted by molar-refractivity contribution is 5.99. The molecule has 2 aromatic carbocycles. The van der Waals surface area contributed by atoms with Crippen LogP contribution in [-0.2, 0) is 12.6 Å². The van der Waals surface area contributed by atoms with E-state index in [0.717, 1.165) is 12.1 Å². The van der Waals surface area contributed by atoms with Gasteiger partial charge in [-0.1, -0.05) is 12.1 Å². The van der Waals surface area contributed by atoms with E-state index in [4.69, 9.17) is 4.74 Å². The summed E-state index contributed by atoms with van der Waals surface area (Å²) in [5.74, 6) is -0.143. The van der Waals surface area contributed by atoms with Crippen LogP contribution >= 0.6 is 0 Å². The van der Waals surface area contributed by atoms with Gasteiger partial charge in [0.1, 0.15) is 11.5 Å². The molecule has 0 aliphatic carbocycles. The Bertz CT molecular complexity index is 848. The molecule has 0 radical (unpaired) electrons. The molecule has 1 unspecified atom stereocenters. The van der Waals surface area contributed by atoms with Gasteiger partial charge in [0.25, 0.3) is 5.91 Å². The van der Waals surface area contributed by atoms with Gasteiger partial charge in [-0.2, -0.15) is 13.2 Å². The van der Waals surface area contributed by atoms with Crippen molar-refractivity contribution in [2.45, 2.75) is 25.6 Å². The minimum Gasteiger partial charge on any atom is -0.507 e. The molecule has 0 fully saturated rings. The Balaban J connectivity index is 1.93. The lowest BCUT2D eigenvalue weighted by atomic mass is 9.94. The number of nitrogens with zero attached hydrogens (tertiary/aromatic N) is 1. The summed E-state index contributed by atoms with van der Waals surface area (Å²) in [6.45, 7) is 2.02. The first-order valence-electron chi connectivity index (χ1n) is 8.10. The Morgan fingerprint density at radius 1 is 1.23 bits per heavy atom. The van der Waals surface area contributed by atoms with Crippen molar-refractivity contribution < 1.29 is 27.8 Å². The number of amides is 1. The van der Waals surface area contributed by atoms with E-state index in [0.29, 0.717) is 29.8 Å². The summed E-state index contributed by atoms with van der Waals surface area (Å²) in [6, 6.07) is 7.45. The highest BCUT2D eigenvalue weighted by Gasteiger charge is 2.34. The van der Waals surface area contributed by atoms with Crippen molar-refractivity contribution >= 4 is 5.91 Å². The van der Waals surface area contributed by atoms with E-state index in [2.05, 4.69) is 0 Å². The average Bonchev–Trinajstić information content (AvgIpc) is 2.60. The van der Waals surface area contributed by atoms with Crippen LogP contribution in [0.1, 0.15) is 40.0 Å². The molecule has 2 aromatic rings. The highest BCUT2D eigenvalue weighted by atomic mass is 19.4. The van der Waals surface area contributed by atoms with Gasteiger partial charge in [0.15, 0.2) is 0 Å². The van der Waals surface area contributed by atoms with Crippen molar-refractivity contribution in [1.29, 1.82) is 0 Å². The van der Waals surface area contributed by atoms with Crippen molar-refractivity contribution in [2.24, 2.45) is 0 Å². The van der Waals surface area contributed by atoms with Crippen LogP contribution in [0, 0.1) is 0 Å². The maximum absolute atomic E-state index is 12.9. The maximum Gasteiger partial charge on any atom is 0.416 e. The summed E-state index contributed by atoms with van der Waals surface area (Å²) in [5, 5.41) is 10.2. The number of halogens is 3. The molecule has 1 amide bonds. The number of alkyl halides is 3. The number of ether oxygens (including phenoxy) is 1. The fourth-order valence-corrected chi connectivity index (χ4v) is 3.23. The summed E-state index contributed by atoms with van der Waals surface area (Å²) in [4.78, 5) is 14.3. The molecule has 1 aliphatic heterocycles. The summed E-state index contributed by atoms with van der Waals surface area (Å²) >= 11 is 0. The standard InChI is InChI=1S/C19H18F3NO3/c1-11(12-4-3-5-14(8-12)19(20,21)22)23-7-6-13-9-15(26-2)10-16(24)17(13)18(23)25/h3-5,8-11,24H,6-7H2,1-2H3. The molecule has 3 rings (SSSR count). The number of fused-ring (bicyclic) bond motifs is 1. The number of methoxy groups -OCH3 is 1. The third kappa shape index (κ3) is 3.21. The molecule has 0 spiro atoms. The number of rotatable bonds is 3. The van der Waals surface area contributed by atoms with Crippen LogP contribution in [0.3, 0.4) is 0 Å². The van der Waals surface area contributed by atoms with Gasteiger partial charge in [-0.3, -0.25) is 4.79 Å². The average molecular weight is 365 g/mol. The van der Waals surface area contributed by atoms with Crippen LogP contribution in [0.25, 0.3) is 0 Å². The van der Waals surface area contributed by atoms with Crippen LogP contribution in [0.15, 0.2) is 36.4 Å². The minimum atomic E-state index is -4.44. The van der Waals surface area contributed by atoms with Crippen LogP contribution in [0.2, 0.25) is 0 Å². The normalized spacial score (nSPS) is 15.6. The third-order valence-electron chi connectivity index (χ3n) is 4.67. The molecular formula is C19H18F3NO3. The van der Waals surface area contributed by atoms with E-state index in [1.807, 2.05) is 0 Å². The molecule has 1 aliphatic rings. The van der Waals surface area contributed by atoms with Gasteiger partial charge in [-0.05, 0) is 42.7 Å². The Hall–Kier alpha value is -2.70. The quantitative estimate of drug-likeness (QED) is 0.888. The molecule has 1 atom stereocenters. The molecule has 26 heavy (non-hydrogen) atoms. The lowest BCUT2D eigenvalue weighted by Crippen LogP contribution is -2.39. The fraction of sp³-hybridized carbons (Fsp3) is 0.316. The van der Waals surface area contributed by atoms with Crippen LogP contribution in [-0.4, -0.2) is 29.6 Å². The molecular weight excluding hydrogens is 347 g/mol. The van der Waals surface area contributed by atoms with Crippen molar-refractivity contribution in [2.75, 3.05) is 13.7 Å². The van der Waals surface area contributed by atoms with E-state index in [1.165, 1.54) is 24.1 Å². The first-order valence-corrected chi connectivity index (χ1v) is 8.10. The molecule has 7 heteroatoms. The lowest BCUT2D eigenvalue weighted by Gasteiger charge is -2.34. The van der Waals surface area contributed by atoms with Crippen LogP contribution < -0.4 is 4.74 Å². The van der Waals surface area contributed by atoms with Crippen molar-refractivity contribution in [3.05, 3.63) is 58.7 Å². The number of hydrogen-bond acceptors (Lipinski definition) is 3. The molecule has 0 aromatic heterocycles. The van der Waals surface area contributed by atoms with Gasteiger partial charge < -0.3 is 14.7 Å². The number of aromatic hydroxyl groups is 1. The largest absolute Gasteiger partial charge is 0.507 e. The summed E-state index contributed by atoms with van der Waals surface area (Å²) in [6.07, 6.45) is -3.96. The number of benzene rings is 2. The second-order valence-electron chi connectivity index (χ2n) is 6.23. The number of phenolic OH excluding ortho intramolecular Hbond substituents is 1. The van der Waals surface area contributed by atoms with Gasteiger partial charge >= 0.3 is 6.18 Å². The molecule has 4 nitrogen and oxygen atoms in total. The molecule has 1 heterocycles. The zero-order valence-electron chi connectivity index (χ0n) is 14.3. The van der Waals surface area contributed by atoms with Crippen molar-refractivity contribution in [3.8, 4) is 11.5 Å². The number of carbonyl (C=O) groups is 1. The highest BCUT2D eigenvalue weighted by Crippen LogP contribution is 2.36. The summed E-state index contributed by atoms with van der Waals surface area (Å²) in [5.41, 5.74) is 0.485. The van der Waals surface area contributed by atoms with E-state index in [-0.39, 0.29) is 11.3 Å². The first-order chi connectivity index (χ1) is 12.2. The Morgan fingerprint density at radius 3 is 2.62 bits per heavy atom. The van der Waals surface area contributed by atoms with E-state index in [1.54, 1.807) is 19.1 Å². The zero-order valence-corrected chi connectivity index (χ0v) is 14.3. The number of phenols is 1. The molecule has 0 saturated heterocycles. The molecule has 1 N–H and O–H groups in total.